The molecule has 0 saturated heterocycles. The van der Waals surface area contributed by atoms with Gasteiger partial charge >= 0.3 is 0 Å². The Balaban J connectivity index is 2.21. The van der Waals surface area contributed by atoms with E-state index < -0.39 is 0 Å². The van der Waals surface area contributed by atoms with Crippen LogP contribution >= 0.6 is 0 Å². The number of hydrogen-bond donors (Lipinski definition) is 1. The third-order valence-electron chi connectivity index (χ3n) is 2.42. The third-order valence-corrected chi connectivity index (χ3v) is 2.42. The number of rotatable bonds is 6. The molecule has 0 aliphatic rings. The average Bonchev–Trinajstić information content (AvgIpc) is 2.44. The molecule has 2 rings (SSSR count). The monoisotopic (exact) mass is 275 g/mol. The van der Waals surface area contributed by atoms with E-state index in [0.29, 0.717) is 24.8 Å². The van der Waals surface area contributed by atoms with Gasteiger partial charge in [0, 0.05) is 6.07 Å². The Morgan fingerprint density at radius 3 is 2.45 bits per heavy atom. The van der Waals surface area contributed by atoms with Gasteiger partial charge in [0.05, 0.1) is 13.2 Å². The van der Waals surface area contributed by atoms with Crippen LogP contribution in [0.3, 0.4) is 0 Å². The molecule has 0 amide bonds. The van der Waals surface area contributed by atoms with E-state index in [1.165, 1.54) is 6.33 Å². The lowest BCUT2D eigenvalue weighted by atomic mass is 10.3. The normalized spacial score (nSPS) is 10.1. The van der Waals surface area contributed by atoms with Crippen molar-refractivity contribution in [1.82, 2.24) is 9.97 Å². The maximum absolute atomic E-state index is 5.91. The van der Waals surface area contributed by atoms with Gasteiger partial charge in [-0.1, -0.05) is 6.07 Å². The zero-order valence-corrected chi connectivity index (χ0v) is 11.5. The van der Waals surface area contributed by atoms with Gasteiger partial charge in [-0.15, -0.1) is 0 Å². The molecule has 0 atom stereocenters. The zero-order chi connectivity index (χ0) is 14.4. The lowest BCUT2D eigenvalue weighted by Crippen LogP contribution is -2.03. The minimum absolute atomic E-state index is 0.261. The average molecular weight is 275 g/mol. The second-order valence-corrected chi connectivity index (χ2v) is 3.84. The maximum Gasteiger partial charge on any atom is 0.249 e. The van der Waals surface area contributed by atoms with Crippen LogP contribution < -0.4 is 19.9 Å². The van der Waals surface area contributed by atoms with Crippen molar-refractivity contribution >= 4 is 5.69 Å². The summed E-state index contributed by atoms with van der Waals surface area (Å²) in [4.78, 5) is 7.97. The number of hydrogen-bond acceptors (Lipinski definition) is 6. The smallest absolute Gasteiger partial charge is 0.249 e. The van der Waals surface area contributed by atoms with Gasteiger partial charge in [-0.2, -0.15) is 9.97 Å². The summed E-state index contributed by atoms with van der Waals surface area (Å²) in [5, 5.41) is 0. The molecule has 106 valence electrons. The summed E-state index contributed by atoms with van der Waals surface area (Å²) in [6, 6.07) is 7.25. The van der Waals surface area contributed by atoms with Crippen molar-refractivity contribution in [3.05, 3.63) is 30.6 Å². The molecule has 0 aliphatic heterocycles. The Morgan fingerprint density at radius 2 is 1.70 bits per heavy atom. The van der Waals surface area contributed by atoms with Crippen LogP contribution in [0.2, 0.25) is 0 Å². The fourth-order valence-electron chi connectivity index (χ4n) is 1.60. The Morgan fingerprint density at radius 1 is 1.00 bits per heavy atom. The first-order chi connectivity index (χ1) is 9.74. The zero-order valence-electron chi connectivity index (χ0n) is 11.5. The predicted octanol–water partition coefficient (Wildman–Crippen LogP) is 2.65. The largest absolute Gasteiger partial charge is 0.494 e. The minimum Gasteiger partial charge on any atom is -0.494 e. The molecule has 2 N–H and O–H groups in total. The summed E-state index contributed by atoms with van der Waals surface area (Å²) >= 11 is 0. The highest BCUT2D eigenvalue weighted by Crippen LogP contribution is 2.31. The second kappa shape index (κ2) is 6.60. The highest BCUT2D eigenvalue weighted by atomic mass is 16.5. The number of benzene rings is 1. The molecule has 1 aromatic carbocycles. The summed E-state index contributed by atoms with van der Waals surface area (Å²) in [5.74, 6) is 1.89. The van der Waals surface area contributed by atoms with E-state index in [1.54, 1.807) is 12.1 Å². The van der Waals surface area contributed by atoms with Crippen LogP contribution in [0.15, 0.2) is 30.6 Å². The first kappa shape index (κ1) is 13.9. The van der Waals surface area contributed by atoms with Gasteiger partial charge in [-0.05, 0) is 26.0 Å². The third kappa shape index (κ3) is 3.28. The molecule has 6 nitrogen and oxygen atoms in total. The van der Waals surface area contributed by atoms with Crippen LogP contribution in [0.5, 0.6) is 23.3 Å². The number of nitrogen functional groups attached to an aromatic ring is 1. The van der Waals surface area contributed by atoms with Crippen LogP contribution in [0.1, 0.15) is 13.8 Å². The summed E-state index contributed by atoms with van der Waals surface area (Å²) in [5.41, 5.74) is 6.18. The summed E-state index contributed by atoms with van der Waals surface area (Å²) in [6.45, 7) is 4.84. The minimum atomic E-state index is 0.261. The number of ether oxygens (including phenoxy) is 3. The van der Waals surface area contributed by atoms with Crippen LogP contribution in [0, 0.1) is 0 Å². The van der Waals surface area contributed by atoms with E-state index in [2.05, 4.69) is 9.97 Å². The van der Waals surface area contributed by atoms with Crippen molar-refractivity contribution in [2.24, 2.45) is 0 Å². The Kier molecular flexibility index (Phi) is 4.60. The van der Waals surface area contributed by atoms with Gasteiger partial charge < -0.3 is 19.9 Å². The Hall–Kier alpha value is -2.50. The fraction of sp³-hybridized carbons (Fsp3) is 0.286. The molecule has 0 saturated carbocycles. The summed E-state index contributed by atoms with van der Waals surface area (Å²) in [7, 11) is 0. The topological polar surface area (TPSA) is 79.5 Å². The van der Waals surface area contributed by atoms with Gasteiger partial charge in [-0.3, -0.25) is 0 Å². The lowest BCUT2D eigenvalue weighted by molar-refractivity contribution is 0.325. The molecular weight excluding hydrogens is 258 g/mol. The first-order valence-corrected chi connectivity index (χ1v) is 6.38. The number of anilines is 1. The molecule has 1 heterocycles. The molecule has 0 fully saturated rings. The van der Waals surface area contributed by atoms with E-state index in [9.17, 15) is 0 Å². The Bertz CT molecular complexity index is 575. The van der Waals surface area contributed by atoms with Crippen molar-refractivity contribution in [3.63, 3.8) is 0 Å². The first-order valence-electron chi connectivity index (χ1n) is 6.38. The summed E-state index contributed by atoms with van der Waals surface area (Å²) in [6.07, 6.45) is 1.35. The molecular formula is C14H17N3O3. The van der Waals surface area contributed by atoms with Gasteiger partial charge in [0.25, 0.3) is 0 Å². The van der Waals surface area contributed by atoms with Crippen molar-refractivity contribution in [1.29, 1.82) is 0 Å². The van der Waals surface area contributed by atoms with Crippen LogP contribution in [0.25, 0.3) is 0 Å². The molecule has 20 heavy (non-hydrogen) atoms. The standard InChI is InChI=1S/C14H17N3O3/c1-3-18-10-6-5-7-11(8-10)20-14-12(15)13(19-4-2)16-9-17-14/h5-9H,3-4,15H2,1-2H3. The van der Waals surface area contributed by atoms with Gasteiger partial charge in [0.1, 0.15) is 17.8 Å². The highest BCUT2D eigenvalue weighted by Gasteiger charge is 2.11. The molecule has 0 spiro atoms. The van der Waals surface area contributed by atoms with Gasteiger partial charge in [0.2, 0.25) is 11.8 Å². The van der Waals surface area contributed by atoms with Crippen molar-refractivity contribution in [2.45, 2.75) is 13.8 Å². The summed E-state index contributed by atoms with van der Waals surface area (Å²) < 4.78 is 16.4. The van der Waals surface area contributed by atoms with Crippen LogP contribution in [-0.4, -0.2) is 23.2 Å². The SMILES string of the molecule is CCOc1cccc(Oc2ncnc(OCC)c2N)c1. The quantitative estimate of drug-likeness (QED) is 0.873. The van der Waals surface area contributed by atoms with E-state index >= 15 is 0 Å². The molecule has 6 heteroatoms. The van der Waals surface area contributed by atoms with Crippen LogP contribution in [-0.2, 0) is 0 Å². The number of nitrogens with zero attached hydrogens (tertiary/aromatic N) is 2. The molecule has 1 aromatic heterocycles. The maximum atomic E-state index is 5.91. The highest BCUT2D eigenvalue weighted by molar-refractivity contribution is 5.57. The van der Waals surface area contributed by atoms with E-state index in [1.807, 2.05) is 26.0 Å². The molecule has 2 aromatic rings. The molecule has 0 aliphatic carbocycles. The second-order valence-electron chi connectivity index (χ2n) is 3.84. The molecule has 0 unspecified atom stereocenters. The van der Waals surface area contributed by atoms with Crippen molar-refractivity contribution < 1.29 is 14.2 Å². The Labute approximate surface area is 117 Å². The number of aromatic nitrogens is 2. The number of nitrogens with two attached hydrogens (primary N) is 1. The lowest BCUT2D eigenvalue weighted by Gasteiger charge is -2.11. The van der Waals surface area contributed by atoms with Gasteiger partial charge in [0.15, 0.2) is 5.69 Å². The van der Waals surface area contributed by atoms with Crippen molar-refractivity contribution in [3.8, 4) is 23.3 Å². The fourth-order valence-corrected chi connectivity index (χ4v) is 1.60. The van der Waals surface area contributed by atoms with E-state index in [4.69, 9.17) is 19.9 Å². The van der Waals surface area contributed by atoms with Crippen LogP contribution in [0.4, 0.5) is 5.69 Å². The van der Waals surface area contributed by atoms with Gasteiger partial charge in [-0.25, -0.2) is 0 Å². The molecule has 0 bridgehead atoms. The van der Waals surface area contributed by atoms with E-state index in [-0.39, 0.29) is 11.6 Å². The predicted molar refractivity (Wildman–Crippen MR) is 75.3 cm³/mol. The molecule has 0 radical (unpaired) electrons. The van der Waals surface area contributed by atoms with E-state index in [0.717, 1.165) is 5.75 Å². The van der Waals surface area contributed by atoms with Crippen molar-refractivity contribution in [2.75, 3.05) is 18.9 Å².